The number of carbonyl (C=O) groups excluding carboxylic acids is 4. The fourth-order valence-corrected chi connectivity index (χ4v) is 9.20. The van der Waals surface area contributed by atoms with Crippen molar-refractivity contribution < 1.29 is 46.5 Å². The van der Waals surface area contributed by atoms with Crippen LogP contribution in [0.5, 0.6) is 11.6 Å². The summed E-state index contributed by atoms with van der Waals surface area (Å²) in [6, 6.07) is 5.24. The molecule has 2 saturated carbocycles. The lowest BCUT2D eigenvalue weighted by atomic mass is 10.1. The molecule has 5 aliphatic rings. The van der Waals surface area contributed by atoms with E-state index < -0.39 is 74.3 Å². The number of aromatic nitrogens is 1. The van der Waals surface area contributed by atoms with E-state index in [4.69, 9.17) is 23.9 Å². The molecule has 5 atom stereocenters. The van der Waals surface area contributed by atoms with Gasteiger partial charge in [-0.05, 0) is 96.1 Å². The molecule has 2 aliphatic carbocycles. The van der Waals surface area contributed by atoms with Crippen LogP contribution in [0.4, 0.5) is 10.6 Å². The number of sulfonamides is 1. The highest BCUT2D eigenvalue weighted by Crippen LogP contribution is 2.46. The fraction of sp³-hybridized carbons (Fsp3) is 0.625. The van der Waals surface area contributed by atoms with Crippen LogP contribution < -0.4 is 29.7 Å². The van der Waals surface area contributed by atoms with Gasteiger partial charge in [-0.15, -0.1) is 0 Å². The molecule has 4 heterocycles. The standard InChI is InChI=1S/C40H55N7O10S/c1-39(2,3)57-38(51)41-31-24-45(4)14-8-6-7-9-26-22-40(26,37(50)44-58(52,53)29-11-12-29)43-34(48)32-21-28(23-47(32)36(31)49)56-35-30-13-10-27(54-5)19-25(30)20-33(42-35)46-15-17-55-18-16-46/h7,9-10,13,19-20,26,28-29,31-32H,6,8,11-12,14-18,21-24H2,1-5H3,(H,41,51)(H,43,48)(H,44,50)/b9-7-/t26?,28?,31-,32-,40+/m0/s1. The number of hydrogen-bond acceptors (Lipinski definition) is 13. The molecule has 2 aromatic rings. The first-order valence-corrected chi connectivity index (χ1v) is 21.6. The van der Waals surface area contributed by atoms with E-state index in [0.717, 1.165) is 5.39 Å². The molecule has 316 valence electrons. The Balaban J connectivity index is 1.23. The van der Waals surface area contributed by atoms with Gasteiger partial charge in [-0.3, -0.25) is 19.1 Å². The molecule has 58 heavy (non-hydrogen) atoms. The molecule has 1 aromatic carbocycles. The monoisotopic (exact) mass is 825 g/mol. The van der Waals surface area contributed by atoms with E-state index in [1.807, 2.05) is 42.3 Å². The summed E-state index contributed by atoms with van der Waals surface area (Å²) in [5.74, 6) is -0.807. The molecule has 17 nitrogen and oxygen atoms in total. The van der Waals surface area contributed by atoms with Crippen molar-refractivity contribution in [1.29, 1.82) is 0 Å². The molecular formula is C40H55N7O10S. The van der Waals surface area contributed by atoms with Crippen LogP contribution in [-0.4, -0.2) is 142 Å². The molecule has 1 aromatic heterocycles. The van der Waals surface area contributed by atoms with Gasteiger partial charge >= 0.3 is 6.09 Å². The van der Waals surface area contributed by atoms with Crippen LogP contribution in [0.3, 0.4) is 0 Å². The third kappa shape index (κ3) is 9.44. The molecule has 0 bridgehead atoms. The van der Waals surface area contributed by atoms with Crippen molar-refractivity contribution in [3.05, 3.63) is 36.4 Å². The first-order chi connectivity index (χ1) is 27.5. The van der Waals surface area contributed by atoms with Crippen LogP contribution in [-0.2, 0) is 33.9 Å². The Morgan fingerprint density at radius 2 is 1.83 bits per heavy atom. The van der Waals surface area contributed by atoms with E-state index in [-0.39, 0.29) is 25.9 Å². The lowest BCUT2D eigenvalue weighted by Gasteiger charge is -2.32. The number of nitrogens with zero attached hydrogens (tertiary/aromatic N) is 4. The molecule has 3 N–H and O–H groups in total. The minimum atomic E-state index is -3.91. The summed E-state index contributed by atoms with van der Waals surface area (Å²) < 4.78 is 51.4. The predicted octanol–water partition coefficient (Wildman–Crippen LogP) is 2.09. The summed E-state index contributed by atoms with van der Waals surface area (Å²) >= 11 is 0. The summed E-state index contributed by atoms with van der Waals surface area (Å²) in [5, 5.41) is 6.53. The zero-order chi connectivity index (χ0) is 41.4. The number of amides is 4. The molecule has 7 rings (SSSR count). The number of morpholine rings is 1. The number of pyridine rings is 1. The molecule has 3 aliphatic heterocycles. The minimum Gasteiger partial charge on any atom is -0.497 e. The molecule has 2 saturated heterocycles. The number of methoxy groups -OCH3 is 1. The van der Waals surface area contributed by atoms with E-state index in [9.17, 15) is 27.6 Å². The van der Waals surface area contributed by atoms with Crippen molar-refractivity contribution in [2.45, 2.75) is 93.9 Å². The van der Waals surface area contributed by atoms with E-state index >= 15 is 0 Å². The Morgan fingerprint density at radius 3 is 2.53 bits per heavy atom. The number of benzene rings is 1. The van der Waals surface area contributed by atoms with E-state index in [2.05, 4.69) is 20.3 Å². The van der Waals surface area contributed by atoms with Crippen molar-refractivity contribution in [1.82, 2.24) is 30.1 Å². The smallest absolute Gasteiger partial charge is 0.408 e. The Kier molecular flexibility index (Phi) is 11.8. The molecule has 0 radical (unpaired) electrons. The van der Waals surface area contributed by atoms with Crippen LogP contribution in [0, 0.1) is 5.92 Å². The zero-order valence-corrected chi connectivity index (χ0v) is 34.6. The SMILES string of the molecule is COc1ccc2c(OC3C[C@H]4C(=O)N[C@]5(C(=O)NS(=O)(=O)C6CC6)CC5/C=C\CCCN(C)C[C@H](NC(=O)OC(C)(C)C)C(=O)N4C3)nc(N3CCOCC3)cc2c1. The van der Waals surface area contributed by atoms with Crippen LogP contribution in [0.25, 0.3) is 10.8 Å². The van der Waals surface area contributed by atoms with Crippen molar-refractivity contribution in [3.63, 3.8) is 0 Å². The fourth-order valence-electron chi connectivity index (χ4n) is 7.84. The van der Waals surface area contributed by atoms with Gasteiger partial charge < -0.3 is 44.3 Å². The van der Waals surface area contributed by atoms with Gasteiger partial charge in [0, 0.05) is 37.4 Å². The second kappa shape index (κ2) is 16.5. The number of rotatable bonds is 8. The van der Waals surface area contributed by atoms with Crippen molar-refractivity contribution in [3.8, 4) is 11.6 Å². The molecule has 2 unspecified atom stereocenters. The van der Waals surface area contributed by atoms with Gasteiger partial charge in [0.15, 0.2) is 0 Å². The highest BCUT2D eigenvalue weighted by Gasteiger charge is 2.62. The zero-order valence-electron chi connectivity index (χ0n) is 33.8. The average molecular weight is 826 g/mol. The number of allylic oxidation sites excluding steroid dienone is 1. The summed E-state index contributed by atoms with van der Waals surface area (Å²) in [5.41, 5.74) is -2.37. The van der Waals surface area contributed by atoms with E-state index in [1.165, 1.54) is 4.90 Å². The molecule has 4 fully saturated rings. The lowest BCUT2D eigenvalue weighted by Crippen LogP contribution is -2.59. The second-order valence-electron chi connectivity index (χ2n) is 16.9. The maximum Gasteiger partial charge on any atom is 0.408 e. The first kappa shape index (κ1) is 41.5. The minimum absolute atomic E-state index is 0.0201. The number of anilines is 1. The Hall–Kier alpha value is -4.68. The summed E-state index contributed by atoms with van der Waals surface area (Å²) in [7, 11) is -0.475. The highest BCUT2D eigenvalue weighted by molar-refractivity contribution is 7.91. The van der Waals surface area contributed by atoms with Gasteiger partial charge in [-0.25, -0.2) is 13.2 Å². The van der Waals surface area contributed by atoms with Gasteiger partial charge in [0.25, 0.3) is 5.91 Å². The molecule has 4 amide bonds. The lowest BCUT2D eigenvalue weighted by molar-refractivity contribution is -0.141. The number of likely N-dealkylation sites (N-methyl/N-ethyl adjacent to an activating group) is 1. The largest absolute Gasteiger partial charge is 0.497 e. The Morgan fingerprint density at radius 1 is 1.07 bits per heavy atom. The molecule has 18 heteroatoms. The maximum atomic E-state index is 14.7. The number of hydrogen-bond donors (Lipinski definition) is 3. The van der Waals surface area contributed by atoms with Crippen molar-refractivity contribution in [2.24, 2.45) is 5.92 Å². The van der Waals surface area contributed by atoms with Crippen molar-refractivity contribution >= 4 is 50.4 Å². The van der Waals surface area contributed by atoms with Gasteiger partial charge in [0.1, 0.15) is 40.9 Å². The first-order valence-electron chi connectivity index (χ1n) is 20.1. The average Bonchev–Trinajstić information content (AvgIpc) is 4.10. The number of nitrogens with one attached hydrogen (secondary N) is 3. The third-order valence-electron chi connectivity index (χ3n) is 11.2. The normalized spacial score (nSPS) is 27.9. The number of alkyl carbamates (subject to hydrolysis) is 1. The number of ether oxygens (including phenoxy) is 4. The highest BCUT2D eigenvalue weighted by atomic mass is 32.2. The topological polar surface area (TPSA) is 198 Å². The van der Waals surface area contributed by atoms with Crippen LogP contribution in [0.2, 0.25) is 0 Å². The predicted molar refractivity (Wildman–Crippen MR) is 214 cm³/mol. The number of fused-ring (bicyclic) bond motifs is 3. The van der Waals surface area contributed by atoms with E-state index in [0.29, 0.717) is 81.4 Å². The quantitative estimate of drug-likeness (QED) is 0.328. The summed E-state index contributed by atoms with van der Waals surface area (Å²) in [4.78, 5) is 66.7. The van der Waals surface area contributed by atoms with Crippen LogP contribution in [0.15, 0.2) is 36.4 Å². The Labute approximate surface area is 339 Å². The van der Waals surface area contributed by atoms with Gasteiger partial charge in [0.2, 0.25) is 27.7 Å². The van der Waals surface area contributed by atoms with Crippen LogP contribution >= 0.6 is 0 Å². The van der Waals surface area contributed by atoms with Crippen molar-refractivity contribution in [2.75, 3.05) is 65.0 Å². The van der Waals surface area contributed by atoms with Crippen LogP contribution in [0.1, 0.15) is 59.3 Å². The molecular weight excluding hydrogens is 771 g/mol. The van der Waals surface area contributed by atoms with Gasteiger partial charge in [-0.2, -0.15) is 4.98 Å². The Bertz CT molecular complexity index is 2050. The summed E-state index contributed by atoms with van der Waals surface area (Å²) in [6.07, 6.45) is 4.74. The maximum absolute atomic E-state index is 14.7. The summed E-state index contributed by atoms with van der Waals surface area (Å²) in [6.45, 7) is 8.17. The van der Waals surface area contributed by atoms with Gasteiger partial charge in [-0.1, -0.05) is 12.2 Å². The van der Waals surface area contributed by atoms with Gasteiger partial charge in [0.05, 0.1) is 32.1 Å². The van der Waals surface area contributed by atoms with E-state index in [1.54, 1.807) is 33.9 Å². The third-order valence-corrected chi connectivity index (χ3v) is 13.0. The molecule has 0 spiro atoms. The number of carbonyl (C=O) groups is 4. The second-order valence-corrected chi connectivity index (χ2v) is 18.9.